The van der Waals surface area contributed by atoms with Gasteiger partial charge in [-0.25, -0.2) is 9.78 Å². The van der Waals surface area contributed by atoms with Crippen LogP contribution in [0.2, 0.25) is 0 Å². The lowest BCUT2D eigenvalue weighted by Gasteiger charge is -2.34. The van der Waals surface area contributed by atoms with Crippen LogP contribution in [0.25, 0.3) is 0 Å². The molecule has 0 saturated carbocycles. The van der Waals surface area contributed by atoms with Crippen molar-refractivity contribution < 1.29 is 14.7 Å². The molecule has 0 atom stereocenters. The van der Waals surface area contributed by atoms with Crippen LogP contribution < -0.4 is 5.32 Å². The summed E-state index contributed by atoms with van der Waals surface area (Å²) in [7, 11) is 1.88. The van der Waals surface area contributed by atoms with Gasteiger partial charge in [-0.1, -0.05) is 0 Å². The number of carbonyl (C=O) groups is 2. The minimum Gasteiger partial charge on any atom is -0.480 e. The fourth-order valence-corrected chi connectivity index (χ4v) is 1.76. The van der Waals surface area contributed by atoms with Gasteiger partial charge in [0.15, 0.2) is 0 Å². The molecule has 0 aliphatic carbocycles. The number of hydrogen-bond donors (Lipinski definition) is 2. The molecule has 0 aliphatic heterocycles. The first-order chi connectivity index (χ1) is 9.21. The summed E-state index contributed by atoms with van der Waals surface area (Å²) < 4.78 is 1.88. The summed E-state index contributed by atoms with van der Waals surface area (Å²) in [5, 5.41) is 11.6. The van der Waals surface area contributed by atoms with E-state index in [0.717, 1.165) is 5.82 Å². The van der Waals surface area contributed by atoms with Crippen LogP contribution in [0.1, 0.15) is 26.6 Å². The second-order valence-electron chi connectivity index (χ2n) is 5.59. The highest BCUT2D eigenvalue weighted by atomic mass is 16.4. The predicted octanol–water partition coefficient (Wildman–Crippen LogP) is 0.857. The number of aryl methyl sites for hydroxylation is 1. The number of carboxylic acids is 1. The molecule has 1 aromatic rings. The number of carbonyl (C=O) groups excluding carboxylic acids is 1. The lowest BCUT2D eigenvalue weighted by molar-refractivity contribution is -0.138. The lowest BCUT2D eigenvalue weighted by Crippen LogP contribution is -2.52. The van der Waals surface area contributed by atoms with E-state index in [9.17, 15) is 9.59 Å². The van der Waals surface area contributed by atoms with Gasteiger partial charge >= 0.3 is 12.0 Å². The Kier molecular flexibility index (Phi) is 5.12. The number of aromatic nitrogens is 2. The van der Waals surface area contributed by atoms with Gasteiger partial charge in [0.05, 0.1) is 0 Å². The molecule has 0 bridgehead atoms. The van der Waals surface area contributed by atoms with Crippen molar-refractivity contribution in [1.29, 1.82) is 0 Å². The lowest BCUT2D eigenvalue weighted by atomic mass is 10.1. The number of aliphatic carboxylic acids is 1. The fourth-order valence-electron chi connectivity index (χ4n) is 1.76. The molecule has 0 aromatic carbocycles. The zero-order valence-electron chi connectivity index (χ0n) is 12.4. The van der Waals surface area contributed by atoms with Crippen LogP contribution in [0, 0.1) is 0 Å². The van der Waals surface area contributed by atoms with Gasteiger partial charge in [0.1, 0.15) is 12.4 Å². The summed E-state index contributed by atoms with van der Waals surface area (Å²) in [5.41, 5.74) is -0.550. The normalized spacial score (nSPS) is 11.2. The molecular weight excluding hydrogens is 260 g/mol. The average Bonchev–Trinajstić information content (AvgIpc) is 2.70. The molecule has 1 rings (SSSR count). The standard InChI is InChI=1S/C13H22N4O3/c1-13(2,3)17(9-11(18)19)12(20)15-6-5-10-14-7-8-16(10)4/h7-8H,5-6,9H2,1-4H3,(H,15,20)(H,18,19). The number of urea groups is 1. The zero-order valence-corrected chi connectivity index (χ0v) is 12.4. The SMILES string of the molecule is Cn1ccnc1CCNC(=O)N(CC(=O)O)C(C)(C)C. The van der Waals surface area contributed by atoms with Gasteiger partial charge < -0.3 is 19.9 Å². The minimum atomic E-state index is -1.03. The van der Waals surface area contributed by atoms with Crippen LogP contribution in [-0.2, 0) is 18.3 Å². The van der Waals surface area contributed by atoms with Crippen LogP contribution in [0.3, 0.4) is 0 Å². The van der Waals surface area contributed by atoms with Crippen molar-refractivity contribution in [3.8, 4) is 0 Å². The number of rotatable bonds is 5. The largest absolute Gasteiger partial charge is 0.480 e. The molecule has 112 valence electrons. The summed E-state index contributed by atoms with van der Waals surface area (Å²) in [6, 6.07) is -0.380. The van der Waals surface area contributed by atoms with E-state index in [1.807, 2.05) is 17.8 Å². The van der Waals surface area contributed by atoms with E-state index in [-0.39, 0.29) is 12.6 Å². The van der Waals surface area contributed by atoms with Crippen LogP contribution in [-0.4, -0.2) is 50.2 Å². The van der Waals surface area contributed by atoms with Gasteiger partial charge in [0.2, 0.25) is 0 Å². The molecule has 0 spiro atoms. The second-order valence-corrected chi connectivity index (χ2v) is 5.59. The van der Waals surface area contributed by atoms with E-state index in [4.69, 9.17) is 5.11 Å². The maximum atomic E-state index is 12.1. The smallest absolute Gasteiger partial charge is 0.323 e. The molecule has 2 amide bonds. The van der Waals surface area contributed by atoms with Crippen molar-refractivity contribution in [2.75, 3.05) is 13.1 Å². The molecule has 0 aliphatic rings. The van der Waals surface area contributed by atoms with Crippen LogP contribution in [0.15, 0.2) is 12.4 Å². The molecule has 0 radical (unpaired) electrons. The Morgan fingerprint density at radius 2 is 2.10 bits per heavy atom. The minimum absolute atomic E-state index is 0.322. The van der Waals surface area contributed by atoms with Crippen LogP contribution >= 0.6 is 0 Å². The van der Waals surface area contributed by atoms with Gasteiger partial charge in [-0.15, -0.1) is 0 Å². The number of carboxylic acid groups (broad SMARTS) is 1. The zero-order chi connectivity index (χ0) is 15.3. The first kappa shape index (κ1) is 16.0. The second kappa shape index (κ2) is 6.40. The number of nitrogens with zero attached hydrogens (tertiary/aromatic N) is 3. The van der Waals surface area contributed by atoms with Crippen LogP contribution in [0.4, 0.5) is 4.79 Å². The van der Waals surface area contributed by atoms with E-state index in [1.54, 1.807) is 27.0 Å². The van der Waals surface area contributed by atoms with Crippen molar-refractivity contribution in [3.05, 3.63) is 18.2 Å². The monoisotopic (exact) mass is 282 g/mol. The molecule has 0 unspecified atom stereocenters. The van der Waals surface area contributed by atoms with Gasteiger partial charge in [-0.2, -0.15) is 0 Å². The summed E-state index contributed by atoms with van der Waals surface area (Å²) in [4.78, 5) is 28.4. The summed E-state index contributed by atoms with van der Waals surface area (Å²) in [6.07, 6.45) is 4.13. The Morgan fingerprint density at radius 3 is 2.55 bits per heavy atom. The Hall–Kier alpha value is -2.05. The Balaban J connectivity index is 2.54. The van der Waals surface area contributed by atoms with Gasteiger partial charge in [-0.3, -0.25) is 4.79 Å². The number of nitrogens with one attached hydrogen (secondary N) is 1. The average molecular weight is 282 g/mol. The number of hydrogen-bond acceptors (Lipinski definition) is 3. The van der Waals surface area contributed by atoms with Gasteiger partial charge in [0.25, 0.3) is 0 Å². The molecule has 2 N–H and O–H groups in total. The van der Waals surface area contributed by atoms with Gasteiger partial charge in [-0.05, 0) is 20.8 Å². The van der Waals surface area contributed by atoms with E-state index < -0.39 is 11.5 Å². The highest BCUT2D eigenvalue weighted by molar-refractivity contribution is 5.80. The van der Waals surface area contributed by atoms with E-state index in [1.165, 1.54) is 4.90 Å². The van der Waals surface area contributed by atoms with E-state index in [2.05, 4.69) is 10.3 Å². The molecular formula is C13H22N4O3. The Morgan fingerprint density at radius 1 is 1.45 bits per heavy atom. The molecule has 20 heavy (non-hydrogen) atoms. The van der Waals surface area contributed by atoms with Crippen molar-refractivity contribution in [2.45, 2.75) is 32.7 Å². The third-order valence-electron chi connectivity index (χ3n) is 2.89. The van der Waals surface area contributed by atoms with Crippen molar-refractivity contribution >= 4 is 12.0 Å². The third-order valence-corrected chi connectivity index (χ3v) is 2.89. The van der Waals surface area contributed by atoms with E-state index >= 15 is 0 Å². The van der Waals surface area contributed by atoms with E-state index in [0.29, 0.717) is 13.0 Å². The molecule has 0 fully saturated rings. The Labute approximate surface area is 118 Å². The summed E-state index contributed by atoms with van der Waals surface area (Å²) >= 11 is 0. The topological polar surface area (TPSA) is 87.5 Å². The molecule has 1 aromatic heterocycles. The highest BCUT2D eigenvalue weighted by Gasteiger charge is 2.28. The van der Waals surface area contributed by atoms with Crippen molar-refractivity contribution in [2.24, 2.45) is 7.05 Å². The maximum Gasteiger partial charge on any atom is 0.323 e. The molecule has 0 saturated heterocycles. The highest BCUT2D eigenvalue weighted by Crippen LogP contribution is 2.12. The molecule has 1 heterocycles. The first-order valence-corrected chi connectivity index (χ1v) is 6.45. The quantitative estimate of drug-likeness (QED) is 0.838. The van der Waals surface area contributed by atoms with Crippen LogP contribution in [0.5, 0.6) is 0 Å². The molecule has 7 nitrogen and oxygen atoms in total. The summed E-state index contributed by atoms with van der Waals surface area (Å²) in [5.74, 6) is -0.162. The van der Waals surface area contributed by atoms with Gasteiger partial charge in [0, 0.05) is 37.9 Å². The fraction of sp³-hybridized carbons (Fsp3) is 0.615. The number of imidazole rings is 1. The van der Waals surface area contributed by atoms with Crippen molar-refractivity contribution in [3.63, 3.8) is 0 Å². The van der Waals surface area contributed by atoms with Crippen molar-refractivity contribution in [1.82, 2.24) is 19.8 Å². The first-order valence-electron chi connectivity index (χ1n) is 6.45. The number of amides is 2. The molecule has 7 heteroatoms. The third kappa shape index (κ3) is 4.56. The predicted molar refractivity (Wildman–Crippen MR) is 74.4 cm³/mol. The summed E-state index contributed by atoms with van der Waals surface area (Å²) in [6.45, 7) is 5.49. The Bertz CT molecular complexity index is 476. The maximum absolute atomic E-state index is 12.1.